The first-order chi connectivity index (χ1) is 17.5. The standard InChI is InChI=1S/C24H26F3N5O3S2/c1-37(34,35)17-9-21(36-13-17)22-19(24(25,26)27)10-29-23(31-22)30-20-5-4-16(8-18(20)14-2-3-14)32-7-6-28-15(11-32)12-33/h4-5,8-10,13-15,28,33H,2-3,6-7,11-12H2,1H3,(H,29,30,31). The van der Waals surface area contributed by atoms with E-state index in [2.05, 4.69) is 31.6 Å². The largest absolute Gasteiger partial charge is 0.420 e. The Morgan fingerprint density at radius 3 is 2.70 bits per heavy atom. The number of aliphatic hydroxyl groups excluding tert-OH is 1. The Labute approximate surface area is 216 Å². The van der Waals surface area contributed by atoms with Gasteiger partial charge in [0.2, 0.25) is 5.95 Å². The van der Waals surface area contributed by atoms with Gasteiger partial charge in [-0.15, -0.1) is 11.3 Å². The van der Waals surface area contributed by atoms with E-state index in [9.17, 15) is 26.7 Å². The number of aliphatic hydroxyl groups is 1. The molecule has 2 aliphatic rings. The smallest absolute Gasteiger partial charge is 0.395 e. The van der Waals surface area contributed by atoms with E-state index in [0.29, 0.717) is 18.2 Å². The maximum Gasteiger partial charge on any atom is 0.420 e. The summed E-state index contributed by atoms with van der Waals surface area (Å²) in [6.45, 7) is 2.29. The van der Waals surface area contributed by atoms with Gasteiger partial charge in [0.05, 0.1) is 22.1 Å². The lowest BCUT2D eigenvalue weighted by molar-refractivity contribution is -0.137. The zero-order chi connectivity index (χ0) is 26.4. The summed E-state index contributed by atoms with van der Waals surface area (Å²) in [5, 5.41) is 17.2. The molecule has 3 heterocycles. The molecule has 1 aliphatic heterocycles. The molecule has 2 aromatic heterocycles. The summed E-state index contributed by atoms with van der Waals surface area (Å²) in [6.07, 6.45) is -0.946. The third kappa shape index (κ3) is 5.74. The number of nitrogens with zero attached hydrogens (tertiary/aromatic N) is 3. The van der Waals surface area contributed by atoms with Gasteiger partial charge in [-0.1, -0.05) is 0 Å². The lowest BCUT2D eigenvalue weighted by Gasteiger charge is -2.35. The number of hydrogen-bond donors (Lipinski definition) is 3. The number of anilines is 3. The molecule has 13 heteroatoms. The number of rotatable bonds is 7. The molecule has 1 aromatic carbocycles. The first-order valence-corrected chi connectivity index (χ1v) is 14.5. The van der Waals surface area contributed by atoms with Crippen LogP contribution in [0.15, 0.2) is 40.7 Å². The number of hydrogen-bond acceptors (Lipinski definition) is 9. The fourth-order valence-corrected chi connectivity index (χ4v) is 6.39. The van der Waals surface area contributed by atoms with Gasteiger partial charge in [0.15, 0.2) is 9.84 Å². The summed E-state index contributed by atoms with van der Waals surface area (Å²) in [6, 6.07) is 7.11. The Bertz CT molecular complexity index is 1410. The highest BCUT2D eigenvalue weighted by molar-refractivity contribution is 7.90. The Kier molecular flexibility index (Phi) is 6.90. The zero-order valence-corrected chi connectivity index (χ0v) is 21.6. The minimum absolute atomic E-state index is 0.00430. The maximum absolute atomic E-state index is 13.7. The lowest BCUT2D eigenvalue weighted by atomic mass is 10.1. The average Bonchev–Trinajstić information content (AvgIpc) is 3.57. The molecule has 0 radical (unpaired) electrons. The second-order valence-corrected chi connectivity index (χ2v) is 12.2. The summed E-state index contributed by atoms with van der Waals surface area (Å²) in [7, 11) is -3.58. The van der Waals surface area contributed by atoms with Crippen molar-refractivity contribution in [1.29, 1.82) is 0 Å². The number of halogens is 3. The number of alkyl halides is 3. The molecule has 198 valence electrons. The van der Waals surface area contributed by atoms with Gasteiger partial charge in [-0.05, 0) is 48.6 Å². The Hall–Kier alpha value is -2.74. The molecule has 0 amide bonds. The fraction of sp³-hybridized carbons (Fsp3) is 0.417. The van der Waals surface area contributed by atoms with Crippen LogP contribution in [-0.4, -0.2) is 62.0 Å². The summed E-state index contributed by atoms with van der Waals surface area (Å²) in [4.78, 5) is 10.4. The van der Waals surface area contributed by atoms with Gasteiger partial charge in [-0.3, -0.25) is 0 Å². The molecule has 0 spiro atoms. The van der Waals surface area contributed by atoms with Crippen LogP contribution in [0.4, 0.5) is 30.5 Å². The van der Waals surface area contributed by atoms with E-state index in [4.69, 9.17) is 0 Å². The molecule has 2 fully saturated rings. The molecular weight excluding hydrogens is 527 g/mol. The number of sulfone groups is 1. The SMILES string of the molecule is CS(=O)(=O)c1csc(-c2nc(Nc3ccc(N4CCNC(CO)C4)cc3C3CC3)ncc2C(F)(F)F)c1. The van der Waals surface area contributed by atoms with E-state index in [1.807, 2.05) is 12.1 Å². The molecule has 5 rings (SSSR count). The van der Waals surface area contributed by atoms with Gasteiger partial charge in [0, 0.05) is 54.9 Å². The highest BCUT2D eigenvalue weighted by Gasteiger charge is 2.36. The van der Waals surface area contributed by atoms with Gasteiger partial charge in [-0.25, -0.2) is 18.4 Å². The molecule has 3 aromatic rings. The molecule has 3 N–H and O–H groups in total. The topological polar surface area (TPSA) is 107 Å². The predicted molar refractivity (Wildman–Crippen MR) is 136 cm³/mol. The monoisotopic (exact) mass is 553 g/mol. The molecule has 37 heavy (non-hydrogen) atoms. The van der Waals surface area contributed by atoms with Crippen LogP contribution in [0.1, 0.15) is 29.9 Å². The Morgan fingerprint density at radius 2 is 2.05 bits per heavy atom. The molecule has 1 saturated carbocycles. The van der Waals surface area contributed by atoms with Crippen molar-refractivity contribution in [1.82, 2.24) is 15.3 Å². The second-order valence-electron chi connectivity index (χ2n) is 9.32. The molecule has 1 unspecified atom stereocenters. The summed E-state index contributed by atoms with van der Waals surface area (Å²) in [5.74, 6) is 0.331. The number of aromatic nitrogens is 2. The molecular formula is C24H26F3N5O3S2. The van der Waals surface area contributed by atoms with Crippen LogP contribution < -0.4 is 15.5 Å². The summed E-state index contributed by atoms with van der Waals surface area (Å²) >= 11 is 0.887. The van der Waals surface area contributed by atoms with Crippen molar-refractivity contribution < 1.29 is 26.7 Å². The number of nitrogens with one attached hydrogen (secondary N) is 2. The molecule has 8 nitrogen and oxygen atoms in total. The van der Waals surface area contributed by atoms with Crippen LogP contribution in [0, 0.1) is 0 Å². The number of thiophene rings is 1. The highest BCUT2D eigenvalue weighted by atomic mass is 32.2. The molecule has 1 aliphatic carbocycles. The second kappa shape index (κ2) is 9.86. The van der Waals surface area contributed by atoms with Gasteiger partial charge in [0.1, 0.15) is 5.56 Å². The van der Waals surface area contributed by atoms with E-state index in [1.165, 1.54) is 11.4 Å². The minimum Gasteiger partial charge on any atom is -0.395 e. The fourth-order valence-electron chi connectivity index (χ4n) is 4.37. The van der Waals surface area contributed by atoms with Crippen LogP contribution in [0.25, 0.3) is 10.6 Å². The molecule has 1 atom stereocenters. The van der Waals surface area contributed by atoms with Crippen molar-refractivity contribution in [2.24, 2.45) is 0 Å². The van der Waals surface area contributed by atoms with Crippen LogP contribution in [0.5, 0.6) is 0 Å². The zero-order valence-electron chi connectivity index (χ0n) is 19.9. The first-order valence-electron chi connectivity index (χ1n) is 11.8. The third-order valence-corrected chi connectivity index (χ3v) is 8.65. The van der Waals surface area contributed by atoms with Crippen molar-refractivity contribution >= 4 is 38.5 Å². The molecule has 0 bridgehead atoms. The van der Waals surface area contributed by atoms with E-state index in [1.54, 1.807) is 0 Å². The van der Waals surface area contributed by atoms with Crippen molar-refractivity contribution in [3.05, 3.63) is 47.0 Å². The quantitative estimate of drug-likeness (QED) is 0.403. The third-order valence-electron chi connectivity index (χ3n) is 6.47. The van der Waals surface area contributed by atoms with E-state index in [-0.39, 0.29) is 34.1 Å². The van der Waals surface area contributed by atoms with Crippen LogP contribution in [0.3, 0.4) is 0 Å². The van der Waals surface area contributed by atoms with E-state index >= 15 is 0 Å². The van der Waals surface area contributed by atoms with Crippen molar-refractivity contribution in [2.45, 2.75) is 35.9 Å². The number of piperazine rings is 1. The van der Waals surface area contributed by atoms with Gasteiger partial charge < -0.3 is 20.6 Å². The van der Waals surface area contributed by atoms with Crippen LogP contribution >= 0.6 is 11.3 Å². The number of benzene rings is 1. The van der Waals surface area contributed by atoms with Crippen LogP contribution in [-0.2, 0) is 16.0 Å². The normalized spacial score (nSPS) is 18.7. The minimum atomic E-state index is -4.71. The van der Waals surface area contributed by atoms with E-state index < -0.39 is 21.6 Å². The Balaban J connectivity index is 1.48. The summed E-state index contributed by atoms with van der Waals surface area (Å²) < 4.78 is 65.0. The van der Waals surface area contributed by atoms with Crippen LogP contribution in [0.2, 0.25) is 0 Å². The van der Waals surface area contributed by atoms with Crippen molar-refractivity contribution in [3.8, 4) is 10.6 Å². The lowest BCUT2D eigenvalue weighted by Crippen LogP contribution is -2.52. The average molecular weight is 554 g/mol. The van der Waals surface area contributed by atoms with Gasteiger partial charge in [-0.2, -0.15) is 13.2 Å². The van der Waals surface area contributed by atoms with Crippen molar-refractivity contribution in [3.63, 3.8) is 0 Å². The predicted octanol–water partition coefficient (Wildman–Crippen LogP) is 4.02. The van der Waals surface area contributed by atoms with E-state index in [0.717, 1.165) is 61.0 Å². The van der Waals surface area contributed by atoms with Gasteiger partial charge in [0.25, 0.3) is 0 Å². The summed E-state index contributed by atoms with van der Waals surface area (Å²) in [5.41, 5.74) is 1.37. The first kappa shape index (κ1) is 25.9. The van der Waals surface area contributed by atoms with Crippen molar-refractivity contribution in [2.75, 3.05) is 42.7 Å². The Morgan fingerprint density at radius 1 is 1.27 bits per heavy atom. The maximum atomic E-state index is 13.7. The molecule has 1 saturated heterocycles. The van der Waals surface area contributed by atoms with Gasteiger partial charge >= 0.3 is 6.18 Å². The highest BCUT2D eigenvalue weighted by Crippen LogP contribution is 2.46.